The normalized spacial score (nSPS) is 13.7. The second-order valence-corrected chi connectivity index (χ2v) is 8.29. The number of nitrogens with one attached hydrogen (secondary N) is 2. The molecular formula is C22H22ClF3N6O2. The van der Waals surface area contributed by atoms with E-state index >= 15 is 0 Å². The number of rotatable bonds is 8. The summed E-state index contributed by atoms with van der Waals surface area (Å²) >= 11 is 5.97. The standard InChI is InChI=1S/C22H22ClF3N6O2/c1-2-31-16(8-10-27-31)21(34)29-15-5-3-4-14(12-15)28-17(33)9-11-32-19(13-6-7-13)18(23)20(30-32)22(24,25)26/h3-5,8,10,12-13H,2,6-7,9,11H2,1H3,(H,28,33)(H,29,34). The van der Waals surface area contributed by atoms with Crippen molar-refractivity contribution in [3.63, 3.8) is 0 Å². The fourth-order valence-electron chi connectivity index (χ4n) is 3.63. The van der Waals surface area contributed by atoms with Crippen molar-refractivity contribution < 1.29 is 22.8 Å². The molecule has 1 saturated carbocycles. The van der Waals surface area contributed by atoms with E-state index in [1.807, 2.05) is 6.92 Å². The maximum atomic E-state index is 13.2. The number of hydrogen-bond acceptors (Lipinski definition) is 4. The molecule has 0 saturated heterocycles. The molecule has 2 aromatic heterocycles. The lowest BCUT2D eigenvalue weighted by molar-refractivity contribution is -0.141. The van der Waals surface area contributed by atoms with E-state index < -0.39 is 17.8 Å². The van der Waals surface area contributed by atoms with Gasteiger partial charge < -0.3 is 10.6 Å². The number of aryl methyl sites for hydroxylation is 2. The van der Waals surface area contributed by atoms with Crippen LogP contribution in [0.25, 0.3) is 0 Å². The summed E-state index contributed by atoms with van der Waals surface area (Å²) in [6, 6.07) is 8.17. The largest absolute Gasteiger partial charge is 0.436 e. The Morgan fingerprint density at radius 3 is 2.50 bits per heavy atom. The van der Waals surface area contributed by atoms with Crippen molar-refractivity contribution in [3.8, 4) is 0 Å². The van der Waals surface area contributed by atoms with Gasteiger partial charge in [-0.2, -0.15) is 23.4 Å². The lowest BCUT2D eigenvalue weighted by Gasteiger charge is -2.10. The number of carbonyl (C=O) groups excluding carboxylic acids is 2. The summed E-state index contributed by atoms with van der Waals surface area (Å²) in [6.07, 6.45) is -1.73. The molecule has 1 aliphatic rings. The number of benzene rings is 1. The van der Waals surface area contributed by atoms with Crippen molar-refractivity contribution in [2.24, 2.45) is 0 Å². The third kappa shape index (κ3) is 5.24. The van der Waals surface area contributed by atoms with Crippen molar-refractivity contribution in [3.05, 3.63) is 58.6 Å². The van der Waals surface area contributed by atoms with Gasteiger partial charge in [-0.15, -0.1) is 0 Å². The first-order chi connectivity index (χ1) is 16.2. The van der Waals surface area contributed by atoms with Crippen LogP contribution in [-0.2, 0) is 24.1 Å². The number of carbonyl (C=O) groups is 2. The van der Waals surface area contributed by atoms with E-state index in [4.69, 9.17) is 11.6 Å². The lowest BCUT2D eigenvalue weighted by Crippen LogP contribution is -2.18. The number of halogens is 4. The SMILES string of the molecule is CCn1nccc1C(=O)Nc1cccc(NC(=O)CCn2nc(C(F)(F)F)c(Cl)c2C2CC2)c1. The molecule has 2 amide bonds. The van der Waals surface area contributed by atoms with Gasteiger partial charge in [0.05, 0.1) is 17.3 Å². The summed E-state index contributed by atoms with van der Waals surface area (Å²) in [5.41, 5.74) is 0.515. The van der Waals surface area contributed by atoms with Crippen molar-refractivity contribution in [1.29, 1.82) is 0 Å². The van der Waals surface area contributed by atoms with Crippen LogP contribution in [0.3, 0.4) is 0 Å². The van der Waals surface area contributed by atoms with Crippen LogP contribution in [-0.4, -0.2) is 31.4 Å². The smallest absolute Gasteiger partial charge is 0.326 e. The molecule has 1 aliphatic carbocycles. The van der Waals surface area contributed by atoms with Crippen molar-refractivity contribution in [2.75, 3.05) is 10.6 Å². The van der Waals surface area contributed by atoms with Crippen LogP contribution >= 0.6 is 11.6 Å². The lowest BCUT2D eigenvalue weighted by atomic mass is 10.2. The summed E-state index contributed by atoms with van der Waals surface area (Å²) in [7, 11) is 0. The number of aromatic nitrogens is 4. The second-order valence-electron chi connectivity index (χ2n) is 7.91. The molecule has 0 unspecified atom stereocenters. The van der Waals surface area contributed by atoms with E-state index in [9.17, 15) is 22.8 Å². The molecule has 0 bridgehead atoms. The molecule has 8 nitrogen and oxygen atoms in total. The molecule has 34 heavy (non-hydrogen) atoms. The highest BCUT2D eigenvalue weighted by Crippen LogP contribution is 2.46. The first-order valence-corrected chi connectivity index (χ1v) is 11.1. The maximum Gasteiger partial charge on any atom is 0.436 e. The van der Waals surface area contributed by atoms with Crippen LogP contribution in [0.4, 0.5) is 24.5 Å². The van der Waals surface area contributed by atoms with Gasteiger partial charge in [0.25, 0.3) is 5.91 Å². The third-order valence-corrected chi connectivity index (χ3v) is 5.74. The Bertz CT molecular complexity index is 1220. The number of alkyl halides is 3. The molecule has 0 atom stereocenters. The summed E-state index contributed by atoms with van der Waals surface area (Å²) in [4.78, 5) is 24.9. The number of nitrogens with zero attached hydrogens (tertiary/aromatic N) is 4. The van der Waals surface area contributed by atoms with Crippen LogP contribution in [0, 0.1) is 0 Å². The Labute approximate surface area is 198 Å². The van der Waals surface area contributed by atoms with Crippen molar-refractivity contribution in [1.82, 2.24) is 19.6 Å². The third-order valence-electron chi connectivity index (χ3n) is 5.37. The Hall–Kier alpha value is -3.34. The van der Waals surface area contributed by atoms with Crippen LogP contribution in [0.1, 0.15) is 54.0 Å². The van der Waals surface area contributed by atoms with Gasteiger partial charge in [0, 0.05) is 36.5 Å². The van der Waals surface area contributed by atoms with E-state index in [2.05, 4.69) is 20.8 Å². The highest BCUT2D eigenvalue weighted by molar-refractivity contribution is 6.32. The van der Waals surface area contributed by atoms with Gasteiger partial charge in [-0.1, -0.05) is 17.7 Å². The topological polar surface area (TPSA) is 93.8 Å². The molecule has 4 rings (SSSR count). The van der Waals surface area contributed by atoms with E-state index in [-0.39, 0.29) is 29.8 Å². The Morgan fingerprint density at radius 1 is 1.15 bits per heavy atom. The molecule has 1 aromatic carbocycles. The molecule has 180 valence electrons. The monoisotopic (exact) mass is 494 g/mol. The van der Waals surface area contributed by atoms with Crippen molar-refractivity contribution in [2.45, 2.75) is 51.4 Å². The summed E-state index contributed by atoms with van der Waals surface area (Å²) < 4.78 is 42.3. The quantitative estimate of drug-likeness (QED) is 0.464. The van der Waals surface area contributed by atoms with E-state index in [0.29, 0.717) is 29.3 Å². The molecule has 1 fully saturated rings. The highest BCUT2D eigenvalue weighted by atomic mass is 35.5. The van der Waals surface area contributed by atoms with Crippen LogP contribution in [0.2, 0.25) is 5.02 Å². The van der Waals surface area contributed by atoms with Gasteiger partial charge in [0.2, 0.25) is 5.91 Å². The van der Waals surface area contributed by atoms with Gasteiger partial charge in [-0.05, 0) is 44.0 Å². The minimum atomic E-state index is -4.66. The zero-order valence-corrected chi connectivity index (χ0v) is 19.0. The molecule has 0 aliphatic heterocycles. The van der Waals surface area contributed by atoms with Gasteiger partial charge in [0.15, 0.2) is 5.69 Å². The van der Waals surface area contributed by atoms with Crippen LogP contribution in [0.15, 0.2) is 36.5 Å². The summed E-state index contributed by atoms with van der Waals surface area (Å²) in [5.74, 6) is -0.815. The van der Waals surface area contributed by atoms with Gasteiger partial charge in [0.1, 0.15) is 5.69 Å². The van der Waals surface area contributed by atoms with E-state index in [0.717, 1.165) is 12.8 Å². The average molecular weight is 495 g/mol. The Kier molecular flexibility index (Phi) is 6.65. The van der Waals surface area contributed by atoms with Gasteiger partial charge >= 0.3 is 6.18 Å². The maximum absolute atomic E-state index is 13.2. The highest BCUT2D eigenvalue weighted by Gasteiger charge is 2.42. The van der Waals surface area contributed by atoms with Gasteiger partial charge in [-0.25, -0.2) is 0 Å². The molecule has 0 spiro atoms. The first kappa shape index (κ1) is 23.8. The van der Waals surface area contributed by atoms with E-state index in [1.165, 1.54) is 10.9 Å². The minimum Gasteiger partial charge on any atom is -0.326 e. The van der Waals surface area contributed by atoms with E-state index in [1.54, 1.807) is 35.0 Å². The van der Waals surface area contributed by atoms with Crippen LogP contribution < -0.4 is 10.6 Å². The van der Waals surface area contributed by atoms with Gasteiger partial charge in [-0.3, -0.25) is 19.0 Å². The minimum absolute atomic E-state index is 0.0368. The first-order valence-electron chi connectivity index (χ1n) is 10.7. The molecular weight excluding hydrogens is 473 g/mol. The van der Waals surface area contributed by atoms with Crippen LogP contribution in [0.5, 0.6) is 0 Å². The average Bonchev–Trinajstić information content (AvgIpc) is 3.37. The zero-order valence-electron chi connectivity index (χ0n) is 18.2. The molecule has 0 radical (unpaired) electrons. The number of anilines is 2. The van der Waals surface area contributed by atoms with Crippen molar-refractivity contribution >= 4 is 34.8 Å². The fraction of sp³-hybridized carbons (Fsp3) is 0.364. The number of amides is 2. The fourth-order valence-corrected chi connectivity index (χ4v) is 4.03. The Balaban J connectivity index is 1.39. The predicted molar refractivity (Wildman–Crippen MR) is 120 cm³/mol. The zero-order chi connectivity index (χ0) is 24.5. The summed E-state index contributed by atoms with van der Waals surface area (Å²) in [6.45, 7) is 2.37. The Morgan fingerprint density at radius 2 is 1.85 bits per heavy atom. The number of hydrogen-bond donors (Lipinski definition) is 2. The molecule has 3 aromatic rings. The molecule has 2 heterocycles. The summed E-state index contributed by atoms with van der Waals surface area (Å²) in [5, 5.41) is 12.8. The second kappa shape index (κ2) is 9.49. The molecule has 2 N–H and O–H groups in total. The molecule has 12 heteroatoms. The predicted octanol–water partition coefficient (Wildman–Crippen LogP) is 4.93.